The molecule has 1 unspecified atom stereocenters. The van der Waals surface area contributed by atoms with E-state index in [0.29, 0.717) is 0 Å². The summed E-state index contributed by atoms with van der Waals surface area (Å²) in [6, 6.07) is 11.2. The zero-order valence-corrected chi connectivity index (χ0v) is 15.6. The van der Waals surface area contributed by atoms with Crippen LogP contribution in [0.4, 0.5) is 5.69 Å². The second-order valence-corrected chi connectivity index (χ2v) is 7.94. The summed E-state index contributed by atoms with van der Waals surface area (Å²) in [6.07, 6.45) is -0.696. The molecule has 3 aromatic rings. The van der Waals surface area contributed by atoms with Gasteiger partial charge in [0.2, 0.25) is 0 Å². The van der Waals surface area contributed by atoms with Crippen molar-refractivity contribution in [3.05, 3.63) is 83.2 Å². The highest BCUT2D eigenvalue weighted by Gasteiger charge is 2.21. The number of nitrogens with zero attached hydrogens (tertiary/aromatic N) is 1. The van der Waals surface area contributed by atoms with E-state index in [1.165, 1.54) is 40.9 Å². The van der Waals surface area contributed by atoms with E-state index in [1.807, 2.05) is 23.6 Å². The molecule has 26 heavy (non-hydrogen) atoms. The highest BCUT2D eigenvalue weighted by Crippen LogP contribution is 2.31. The molecule has 134 valence electrons. The molecule has 0 aliphatic carbocycles. The van der Waals surface area contributed by atoms with Crippen LogP contribution in [-0.2, 0) is 6.54 Å². The Hall–Kier alpha value is -2.26. The average molecular weight is 409 g/mol. The van der Waals surface area contributed by atoms with Crippen molar-refractivity contribution in [1.82, 2.24) is 5.32 Å². The topological polar surface area (TPSA) is 92.5 Å². The first kappa shape index (κ1) is 18.5. The molecule has 0 radical (unpaired) electrons. The van der Waals surface area contributed by atoms with Gasteiger partial charge in [0.15, 0.2) is 0 Å². The van der Waals surface area contributed by atoms with Gasteiger partial charge in [0.05, 0.1) is 11.5 Å². The maximum absolute atomic E-state index is 12.3. The number of aliphatic hydroxyl groups is 1. The molecule has 0 aliphatic rings. The van der Waals surface area contributed by atoms with Crippen LogP contribution >= 0.6 is 34.3 Å². The number of carbonyl (C=O) groups is 1. The quantitative estimate of drug-likeness (QED) is 0.467. The molecule has 0 aliphatic heterocycles. The Bertz CT molecular complexity index is 940. The minimum absolute atomic E-state index is 0.0853. The van der Waals surface area contributed by atoms with Crippen LogP contribution < -0.4 is 5.32 Å². The Balaban J connectivity index is 1.69. The number of thiophene rings is 2. The Kier molecular flexibility index (Phi) is 5.67. The van der Waals surface area contributed by atoms with E-state index >= 15 is 0 Å². The fourth-order valence-corrected chi connectivity index (χ4v) is 4.27. The molecule has 2 heterocycles. The second-order valence-electron chi connectivity index (χ2n) is 5.32. The maximum Gasteiger partial charge on any atom is 0.282 e. The molecule has 0 saturated heterocycles. The van der Waals surface area contributed by atoms with E-state index in [1.54, 1.807) is 6.07 Å². The number of rotatable bonds is 6. The first-order valence-corrected chi connectivity index (χ1v) is 9.55. The Morgan fingerprint density at radius 1 is 1.27 bits per heavy atom. The van der Waals surface area contributed by atoms with Crippen molar-refractivity contribution in [2.24, 2.45) is 0 Å². The molecule has 0 bridgehead atoms. The molecule has 2 N–H and O–H groups in total. The van der Waals surface area contributed by atoms with Gasteiger partial charge in [0.25, 0.3) is 11.6 Å². The van der Waals surface area contributed by atoms with Crippen molar-refractivity contribution in [2.45, 2.75) is 12.6 Å². The largest absolute Gasteiger partial charge is 0.382 e. The summed E-state index contributed by atoms with van der Waals surface area (Å²) < 4.78 is 0. The summed E-state index contributed by atoms with van der Waals surface area (Å²) in [7, 11) is 0. The van der Waals surface area contributed by atoms with Crippen molar-refractivity contribution in [2.75, 3.05) is 0 Å². The number of aliphatic hydroxyl groups excluding tert-OH is 1. The Morgan fingerprint density at radius 3 is 2.77 bits per heavy atom. The number of carbonyl (C=O) groups excluding carboxylic acids is 1. The third-order valence-corrected chi connectivity index (χ3v) is 5.89. The molecule has 1 atom stereocenters. The third kappa shape index (κ3) is 4.10. The van der Waals surface area contributed by atoms with Crippen molar-refractivity contribution in [3.63, 3.8) is 0 Å². The fourth-order valence-electron chi connectivity index (χ4n) is 2.34. The monoisotopic (exact) mass is 408 g/mol. The number of nitro benzene ring substituents is 1. The molecular weight excluding hydrogens is 396 g/mol. The summed E-state index contributed by atoms with van der Waals surface area (Å²) in [4.78, 5) is 25.2. The van der Waals surface area contributed by atoms with Crippen molar-refractivity contribution in [1.29, 1.82) is 0 Å². The Labute approximate surface area is 161 Å². The Morgan fingerprint density at radius 2 is 2.08 bits per heavy atom. The highest BCUT2D eigenvalue weighted by molar-refractivity contribution is 7.12. The second kappa shape index (κ2) is 7.96. The van der Waals surface area contributed by atoms with E-state index in [0.717, 1.165) is 14.6 Å². The molecule has 2 aromatic heterocycles. The SMILES string of the molecule is O=C(NCc1ccc(C(O)c2cccs2)s1)c1cc(Cl)ccc1[N+](=O)[O-]. The summed E-state index contributed by atoms with van der Waals surface area (Å²) in [5.41, 5.74) is -0.384. The molecule has 0 saturated carbocycles. The van der Waals surface area contributed by atoms with Gasteiger partial charge >= 0.3 is 0 Å². The van der Waals surface area contributed by atoms with E-state index in [-0.39, 0.29) is 22.8 Å². The number of hydrogen-bond donors (Lipinski definition) is 2. The van der Waals surface area contributed by atoms with Gasteiger partial charge in [-0.25, -0.2) is 0 Å². The van der Waals surface area contributed by atoms with Crippen molar-refractivity contribution < 1.29 is 14.8 Å². The first-order chi connectivity index (χ1) is 12.5. The van der Waals surface area contributed by atoms with Gasteiger partial charge in [-0.05, 0) is 35.7 Å². The third-order valence-electron chi connectivity index (χ3n) is 3.59. The van der Waals surface area contributed by atoms with Gasteiger partial charge in [0.1, 0.15) is 11.7 Å². The van der Waals surface area contributed by atoms with E-state index < -0.39 is 16.9 Å². The van der Waals surface area contributed by atoms with Crippen molar-refractivity contribution in [3.8, 4) is 0 Å². The number of halogens is 1. The molecule has 0 fully saturated rings. The zero-order valence-electron chi connectivity index (χ0n) is 13.2. The van der Waals surface area contributed by atoms with Gasteiger partial charge in [-0.1, -0.05) is 17.7 Å². The van der Waals surface area contributed by atoms with Crippen LogP contribution in [-0.4, -0.2) is 15.9 Å². The van der Waals surface area contributed by atoms with Crippen LogP contribution in [0, 0.1) is 10.1 Å². The molecule has 9 heteroatoms. The van der Waals surface area contributed by atoms with Gasteiger partial charge in [0, 0.05) is 25.7 Å². The number of amides is 1. The lowest BCUT2D eigenvalue weighted by atomic mass is 10.1. The smallest absolute Gasteiger partial charge is 0.282 e. The van der Waals surface area contributed by atoms with Gasteiger partial charge in [-0.2, -0.15) is 0 Å². The van der Waals surface area contributed by atoms with Crippen LogP contribution in [0.25, 0.3) is 0 Å². The molecular formula is C17H13ClN2O4S2. The lowest BCUT2D eigenvalue weighted by Crippen LogP contribution is -2.23. The van der Waals surface area contributed by atoms with Gasteiger partial charge in [-0.3, -0.25) is 14.9 Å². The summed E-state index contributed by atoms with van der Waals surface area (Å²) in [5, 5.41) is 26.2. The molecule has 1 aromatic carbocycles. The predicted octanol–water partition coefficient (Wildman–Crippen LogP) is 4.38. The van der Waals surface area contributed by atoms with Crippen LogP contribution in [0.3, 0.4) is 0 Å². The van der Waals surface area contributed by atoms with Crippen molar-refractivity contribution >= 4 is 45.9 Å². The lowest BCUT2D eigenvalue weighted by Gasteiger charge is -2.06. The number of nitro groups is 1. The van der Waals surface area contributed by atoms with E-state index in [2.05, 4.69) is 5.32 Å². The fraction of sp³-hybridized carbons (Fsp3) is 0.118. The van der Waals surface area contributed by atoms with E-state index in [9.17, 15) is 20.0 Å². The summed E-state index contributed by atoms with van der Waals surface area (Å²) in [5.74, 6) is -0.576. The molecule has 3 rings (SSSR count). The number of benzene rings is 1. The van der Waals surface area contributed by atoms with Crippen LogP contribution in [0.2, 0.25) is 5.02 Å². The van der Waals surface area contributed by atoms with Gasteiger partial charge in [-0.15, -0.1) is 22.7 Å². The zero-order chi connectivity index (χ0) is 18.7. The number of hydrogen-bond acceptors (Lipinski definition) is 6. The lowest BCUT2D eigenvalue weighted by molar-refractivity contribution is -0.385. The highest BCUT2D eigenvalue weighted by atomic mass is 35.5. The van der Waals surface area contributed by atoms with E-state index in [4.69, 9.17) is 11.6 Å². The number of nitrogens with one attached hydrogen (secondary N) is 1. The average Bonchev–Trinajstić information content (AvgIpc) is 3.30. The van der Waals surface area contributed by atoms with Crippen LogP contribution in [0.1, 0.15) is 31.1 Å². The predicted molar refractivity (Wildman–Crippen MR) is 102 cm³/mol. The first-order valence-electron chi connectivity index (χ1n) is 7.48. The summed E-state index contributed by atoms with van der Waals surface area (Å²) in [6.45, 7) is 0.199. The molecule has 1 amide bonds. The summed E-state index contributed by atoms with van der Waals surface area (Å²) >= 11 is 8.68. The van der Waals surface area contributed by atoms with Crippen LogP contribution in [0.15, 0.2) is 47.8 Å². The van der Waals surface area contributed by atoms with Gasteiger partial charge < -0.3 is 10.4 Å². The normalized spacial score (nSPS) is 11.9. The van der Waals surface area contributed by atoms with Crippen LogP contribution in [0.5, 0.6) is 0 Å². The maximum atomic E-state index is 12.3. The minimum Gasteiger partial charge on any atom is -0.382 e. The molecule has 6 nitrogen and oxygen atoms in total. The standard InChI is InChI=1S/C17H13ClN2O4S2/c18-10-3-5-13(20(23)24)12(8-10)17(22)19-9-11-4-6-15(26-11)16(21)14-2-1-7-25-14/h1-8,16,21H,9H2,(H,19,22). The minimum atomic E-state index is -0.696. The molecule has 0 spiro atoms.